The third kappa shape index (κ3) is 5.65. The van der Waals surface area contributed by atoms with Gasteiger partial charge in [-0.3, -0.25) is 9.59 Å². The van der Waals surface area contributed by atoms with Gasteiger partial charge in [0.2, 0.25) is 11.8 Å². The van der Waals surface area contributed by atoms with Crippen LogP contribution in [0, 0.1) is 29.0 Å². The molecule has 1 aliphatic carbocycles. The third-order valence-electron chi connectivity index (χ3n) is 7.27. The van der Waals surface area contributed by atoms with Crippen molar-refractivity contribution in [3.8, 4) is 6.07 Å². The number of carboxylic acid groups (broad SMARTS) is 1. The maximum absolute atomic E-state index is 14.1. The summed E-state index contributed by atoms with van der Waals surface area (Å²) in [6.07, 6.45) is 2.36. The van der Waals surface area contributed by atoms with Crippen LogP contribution >= 0.6 is 0 Å². The van der Waals surface area contributed by atoms with E-state index in [9.17, 15) is 18.8 Å². The summed E-state index contributed by atoms with van der Waals surface area (Å²) in [6, 6.07) is 14.5. The number of nitrogens with one attached hydrogen (secondary N) is 2. The Hall–Kier alpha value is -3.93. The van der Waals surface area contributed by atoms with Crippen molar-refractivity contribution in [1.82, 2.24) is 10.2 Å². The summed E-state index contributed by atoms with van der Waals surface area (Å²) in [5.41, 5.74) is 1.08. The molecule has 9 heteroatoms. The molecule has 0 unspecified atom stereocenters. The highest BCUT2D eigenvalue weighted by atomic mass is 19.1. The topological polar surface area (TPSA) is 123 Å². The molecule has 1 saturated carbocycles. The molecule has 188 valence electrons. The molecule has 2 aromatic rings. The normalized spacial score (nSPS) is 23.5. The number of carbonyl (C=O) groups excluding carboxylic acids is 2. The highest BCUT2D eigenvalue weighted by molar-refractivity contribution is 5.98. The molecule has 0 aromatic heterocycles. The number of nitriles is 1. The minimum absolute atomic E-state index is 0.0655. The Balaban J connectivity index is 1.51. The number of hydrogen-bond acceptors (Lipinski definition) is 4. The largest absolute Gasteiger partial charge is 0.465 e. The number of benzene rings is 2. The molecular formula is C27H29FN4O4. The van der Waals surface area contributed by atoms with Gasteiger partial charge < -0.3 is 20.6 Å². The van der Waals surface area contributed by atoms with E-state index in [1.165, 1.54) is 12.1 Å². The molecule has 4 rings (SSSR count). The second-order valence-electron chi connectivity index (χ2n) is 9.48. The first-order valence-electron chi connectivity index (χ1n) is 12.2. The molecule has 2 atom stereocenters. The van der Waals surface area contributed by atoms with Crippen molar-refractivity contribution in [2.75, 3.05) is 18.4 Å². The van der Waals surface area contributed by atoms with E-state index in [2.05, 4.69) is 10.6 Å². The van der Waals surface area contributed by atoms with Gasteiger partial charge in [-0.15, -0.1) is 0 Å². The fraction of sp³-hybridized carbons (Fsp3) is 0.407. The maximum Gasteiger partial charge on any atom is 0.404 e. The smallest absolute Gasteiger partial charge is 0.404 e. The molecule has 2 aliphatic rings. The molecule has 0 radical (unpaired) electrons. The molecular weight excluding hydrogens is 463 g/mol. The number of rotatable bonds is 6. The Kier molecular flexibility index (Phi) is 7.84. The zero-order chi connectivity index (χ0) is 25.7. The molecule has 1 heterocycles. The lowest BCUT2D eigenvalue weighted by Crippen LogP contribution is -2.48. The third-order valence-corrected chi connectivity index (χ3v) is 7.27. The van der Waals surface area contributed by atoms with Gasteiger partial charge in [-0.05, 0) is 61.8 Å². The Morgan fingerprint density at radius 3 is 2.42 bits per heavy atom. The zero-order valence-corrected chi connectivity index (χ0v) is 19.8. The van der Waals surface area contributed by atoms with Crippen molar-refractivity contribution in [3.05, 3.63) is 65.5 Å². The fourth-order valence-corrected chi connectivity index (χ4v) is 5.39. The summed E-state index contributed by atoms with van der Waals surface area (Å²) in [6.45, 7) is 0.820. The van der Waals surface area contributed by atoms with E-state index < -0.39 is 23.9 Å². The number of nitrogens with zero attached hydrogens (tertiary/aromatic N) is 2. The molecule has 36 heavy (non-hydrogen) atoms. The van der Waals surface area contributed by atoms with E-state index in [0.29, 0.717) is 32.4 Å². The van der Waals surface area contributed by atoms with Gasteiger partial charge >= 0.3 is 6.09 Å². The predicted molar refractivity (Wildman–Crippen MR) is 131 cm³/mol. The first-order chi connectivity index (χ1) is 17.4. The van der Waals surface area contributed by atoms with E-state index in [1.54, 1.807) is 11.0 Å². The number of amides is 3. The lowest BCUT2D eigenvalue weighted by molar-refractivity contribution is -0.141. The van der Waals surface area contributed by atoms with Crippen molar-refractivity contribution in [1.29, 1.82) is 5.26 Å². The van der Waals surface area contributed by atoms with E-state index in [4.69, 9.17) is 10.4 Å². The standard InChI is InChI=1S/C27H29FN4O4/c28-23-14-21(11-10-20(23)15-29)31-25(33)24-22(18-4-2-1-3-5-18)12-13-32(24)26(34)19-8-6-17(7-9-19)16-30-27(35)36/h1-5,10-11,14,17,19,22,24,30H,6-9,12-13,16H2,(H,31,33)(H,35,36)/t17-,19-,22-,24-/m0/s1. The number of carbonyl (C=O) groups is 3. The molecule has 1 aliphatic heterocycles. The van der Waals surface area contributed by atoms with Gasteiger partial charge in [0.25, 0.3) is 0 Å². The monoisotopic (exact) mass is 492 g/mol. The van der Waals surface area contributed by atoms with Gasteiger partial charge in [0, 0.05) is 30.6 Å². The minimum Gasteiger partial charge on any atom is -0.465 e. The van der Waals surface area contributed by atoms with Crippen LogP contribution in [0.4, 0.5) is 14.9 Å². The Labute approximate surface area is 209 Å². The molecule has 2 fully saturated rings. The van der Waals surface area contributed by atoms with Crippen molar-refractivity contribution < 1.29 is 23.9 Å². The van der Waals surface area contributed by atoms with Crippen molar-refractivity contribution >= 4 is 23.6 Å². The molecule has 0 spiro atoms. The summed E-state index contributed by atoms with van der Waals surface area (Å²) < 4.78 is 14.1. The second-order valence-corrected chi connectivity index (χ2v) is 9.48. The zero-order valence-electron chi connectivity index (χ0n) is 19.8. The summed E-state index contributed by atoms with van der Waals surface area (Å²) in [5.74, 6) is -1.39. The van der Waals surface area contributed by atoms with Gasteiger partial charge in [-0.1, -0.05) is 30.3 Å². The van der Waals surface area contributed by atoms with Gasteiger partial charge in [0.05, 0.1) is 5.56 Å². The Morgan fingerprint density at radius 1 is 1.06 bits per heavy atom. The fourth-order valence-electron chi connectivity index (χ4n) is 5.39. The van der Waals surface area contributed by atoms with Gasteiger partial charge in [-0.2, -0.15) is 5.26 Å². The number of hydrogen-bond donors (Lipinski definition) is 3. The number of anilines is 1. The first-order valence-corrected chi connectivity index (χ1v) is 12.2. The van der Waals surface area contributed by atoms with Crippen LogP contribution in [0.5, 0.6) is 0 Å². The predicted octanol–water partition coefficient (Wildman–Crippen LogP) is 4.09. The first kappa shape index (κ1) is 25.2. The lowest BCUT2D eigenvalue weighted by Gasteiger charge is -2.33. The van der Waals surface area contributed by atoms with Crippen LogP contribution in [0.15, 0.2) is 48.5 Å². The van der Waals surface area contributed by atoms with Crippen LogP contribution < -0.4 is 10.6 Å². The van der Waals surface area contributed by atoms with Crippen molar-refractivity contribution in [2.24, 2.45) is 11.8 Å². The Bertz CT molecular complexity index is 1160. The highest BCUT2D eigenvalue weighted by Crippen LogP contribution is 2.38. The summed E-state index contributed by atoms with van der Waals surface area (Å²) in [5, 5.41) is 23.0. The average Bonchev–Trinajstić information content (AvgIpc) is 3.33. The second kappa shape index (κ2) is 11.2. The van der Waals surface area contributed by atoms with E-state index >= 15 is 0 Å². The van der Waals surface area contributed by atoms with Gasteiger partial charge in [0.1, 0.15) is 17.9 Å². The van der Waals surface area contributed by atoms with Crippen molar-refractivity contribution in [2.45, 2.75) is 44.1 Å². The van der Waals surface area contributed by atoms with Crippen LogP contribution in [0.25, 0.3) is 0 Å². The van der Waals surface area contributed by atoms with Crippen LogP contribution in [0.3, 0.4) is 0 Å². The van der Waals surface area contributed by atoms with E-state index in [-0.39, 0.29) is 34.9 Å². The van der Waals surface area contributed by atoms with E-state index in [0.717, 1.165) is 24.5 Å². The lowest BCUT2D eigenvalue weighted by atomic mass is 9.81. The molecule has 8 nitrogen and oxygen atoms in total. The quantitative estimate of drug-likeness (QED) is 0.561. The maximum atomic E-state index is 14.1. The minimum atomic E-state index is -1.05. The SMILES string of the molecule is N#Cc1ccc(NC(=O)[C@@H]2[C@H](c3ccccc3)CCN2C(=O)[C@H]2CC[C@H](CNC(=O)O)CC2)cc1F. The number of likely N-dealkylation sites (tertiary alicyclic amines) is 1. The van der Waals surface area contributed by atoms with Gasteiger partial charge in [-0.25, -0.2) is 9.18 Å². The van der Waals surface area contributed by atoms with Crippen LogP contribution in [-0.2, 0) is 9.59 Å². The molecule has 1 saturated heterocycles. The molecule has 0 bridgehead atoms. The highest BCUT2D eigenvalue weighted by Gasteiger charge is 2.44. The van der Waals surface area contributed by atoms with Gasteiger partial charge in [0.15, 0.2) is 0 Å². The molecule has 2 aromatic carbocycles. The average molecular weight is 493 g/mol. The summed E-state index contributed by atoms with van der Waals surface area (Å²) in [4.78, 5) is 39.5. The van der Waals surface area contributed by atoms with E-state index in [1.807, 2.05) is 30.3 Å². The van der Waals surface area contributed by atoms with Crippen LogP contribution in [0.1, 0.15) is 49.1 Å². The molecule has 3 N–H and O–H groups in total. The Morgan fingerprint density at radius 2 is 1.78 bits per heavy atom. The van der Waals surface area contributed by atoms with Crippen molar-refractivity contribution in [3.63, 3.8) is 0 Å². The molecule has 3 amide bonds. The summed E-state index contributed by atoms with van der Waals surface area (Å²) in [7, 11) is 0. The summed E-state index contributed by atoms with van der Waals surface area (Å²) >= 11 is 0. The van der Waals surface area contributed by atoms with Crippen LogP contribution in [-0.4, -0.2) is 47.0 Å². The number of halogens is 1. The van der Waals surface area contributed by atoms with Crippen LogP contribution in [0.2, 0.25) is 0 Å².